The number of hydrogen-bond donors (Lipinski definition) is 0. The van der Waals surface area contributed by atoms with E-state index in [4.69, 9.17) is 18.9 Å². The lowest BCUT2D eigenvalue weighted by molar-refractivity contribution is -0.154. The van der Waals surface area contributed by atoms with Crippen LogP contribution in [0.5, 0.6) is 11.5 Å². The maximum atomic E-state index is 12.5. The molecule has 1 aliphatic carbocycles. The average molecular weight is 386 g/mol. The third-order valence-electron chi connectivity index (χ3n) is 5.76. The van der Waals surface area contributed by atoms with Crippen molar-refractivity contribution in [2.24, 2.45) is 11.3 Å². The largest absolute Gasteiger partial charge is 0.493 e. The molecule has 0 N–H and O–H groups in total. The Morgan fingerprint density at radius 1 is 1.32 bits per heavy atom. The van der Waals surface area contributed by atoms with E-state index < -0.39 is 17.5 Å². The topological polar surface area (TPSA) is 71.1 Å². The highest BCUT2D eigenvalue weighted by molar-refractivity contribution is 5.96. The van der Waals surface area contributed by atoms with Gasteiger partial charge in [-0.1, -0.05) is 19.1 Å². The minimum atomic E-state index is -0.795. The molecule has 1 fully saturated rings. The predicted molar refractivity (Wildman–Crippen MR) is 103 cm³/mol. The Morgan fingerprint density at radius 3 is 2.64 bits per heavy atom. The van der Waals surface area contributed by atoms with Gasteiger partial charge in [0.15, 0.2) is 23.4 Å². The molecule has 2 aliphatic rings. The first-order chi connectivity index (χ1) is 13.4. The molecule has 0 saturated carbocycles. The highest BCUT2D eigenvalue weighted by atomic mass is 16.5. The Balaban J connectivity index is 2.00. The Bertz CT molecular complexity index is 826. The molecule has 1 aromatic rings. The zero-order valence-electron chi connectivity index (χ0n) is 16.7. The smallest absolute Gasteiger partial charge is 0.303 e. The molecule has 0 radical (unpaired) electrons. The van der Waals surface area contributed by atoms with Crippen LogP contribution in [0.1, 0.15) is 38.4 Å². The third kappa shape index (κ3) is 3.28. The lowest BCUT2D eigenvalue weighted by atomic mass is 9.65. The number of ether oxygens (including phenoxy) is 4. The standard InChI is InChI=1S/C22H26O6/c1-6-9-22-12-19(27-14(3)23)16(24)11-20(22)28-21(13(22)2)15-7-8-17(25-4)18(10-15)26-5/h6-8,10-11,13,19,21H,1,9,12H2,2-5H3/t13-,19-,21-,22-/m1/s1. The van der Waals surface area contributed by atoms with E-state index in [0.717, 1.165) is 5.56 Å². The zero-order valence-corrected chi connectivity index (χ0v) is 16.7. The van der Waals surface area contributed by atoms with E-state index in [9.17, 15) is 9.59 Å². The summed E-state index contributed by atoms with van der Waals surface area (Å²) in [5.74, 6) is 1.21. The van der Waals surface area contributed by atoms with Gasteiger partial charge in [0, 0.05) is 30.8 Å². The van der Waals surface area contributed by atoms with Gasteiger partial charge in [0.25, 0.3) is 0 Å². The van der Waals surface area contributed by atoms with Gasteiger partial charge < -0.3 is 18.9 Å². The quantitative estimate of drug-likeness (QED) is 0.548. The molecule has 0 unspecified atom stereocenters. The number of methoxy groups -OCH3 is 2. The van der Waals surface area contributed by atoms with Crippen molar-refractivity contribution < 1.29 is 28.5 Å². The summed E-state index contributed by atoms with van der Waals surface area (Å²) in [5, 5.41) is 0. The molecule has 150 valence electrons. The van der Waals surface area contributed by atoms with Gasteiger partial charge in [0.1, 0.15) is 11.9 Å². The molecule has 28 heavy (non-hydrogen) atoms. The fourth-order valence-corrected chi connectivity index (χ4v) is 4.30. The summed E-state index contributed by atoms with van der Waals surface area (Å²) in [5.41, 5.74) is 0.480. The number of carbonyl (C=O) groups excluding carboxylic acids is 2. The first-order valence-electron chi connectivity index (χ1n) is 9.29. The molecule has 0 aromatic heterocycles. The molecule has 6 nitrogen and oxygen atoms in total. The molecule has 1 saturated heterocycles. The van der Waals surface area contributed by atoms with E-state index >= 15 is 0 Å². The Kier molecular flexibility index (Phi) is 5.49. The second-order valence-corrected chi connectivity index (χ2v) is 7.30. The molecule has 0 spiro atoms. The second kappa shape index (κ2) is 7.70. The maximum Gasteiger partial charge on any atom is 0.303 e. The molecule has 0 amide bonds. The van der Waals surface area contributed by atoms with Crippen LogP contribution in [0.15, 0.2) is 42.7 Å². The molecule has 3 rings (SSSR count). The van der Waals surface area contributed by atoms with Crippen LogP contribution in [-0.2, 0) is 19.1 Å². The minimum Gasteiger partial charge on any atom is -0.493 e. The lowest BCUT2D eigenvalue weighted by Gasteiger charge is -2.37. The van der Waals surface area contributed by atoms with Crippen LogP contribution >= 0.6 is 0 Å². The molecule has 6 heteroatoms. The van der Waals surface area contributed by atoms with E-state index in [1.54, 1.807) is 14.2 Å². The normalized spacial score (nSPS) is 28.6. The van der Waals surface area contributed by atoms with E-state index in [1.165, 1.54) is 13.0 Å². The third-order valence-corrected chi connectivity index (χ3v) is 5.76. The fraction of sp³-hybridized carbons (Fsp3) is 0.455. The van der Waals surface area contributed by atoms with Crippen LogP contribution < -0.4 is 9.47 Å². The van der Waals surface area contributed by atoms with Crippen molar-refractivity contribution in [3.8, 4) is 11.5 Å². The van der Waals surface area contributed by atoms with Crippen molar-refractivity contribution in [3.63, 3.8) is 0 Å². The number of fused-ring (bicyclic) bond motifs is 1. The van der Waals surface area contributed by atoms with Crippen molar-refractivity contribution >= 4 is 11.8 Å². The van der Waals surface area contributed by atoms with Crippen LogP contribution in [0.3, 0.4) is 0 Å². The molecule has 4 atom stereocenters. The van der Waals surface area contributed by atoms with Crippen LogP contribution in [0, 0.1) is 11.3 Å². The molecule has 1 aromatic carbocycles. The first kappa shape index (κ1) is 20.0. The number of allylic oxidation sites excluding steroid dienone is 2. The number of esters is 1. The average Bonchev–Trinajstić information content (AvgIpc) is 2.93. The molecule has 1 aliphatic heterocycles. The van der Waals surface area contributed by atoms with Gasteiger partial charge in [-0.25, -0.2) is 0 Å². The summed E-state index contributed by atoms with van der Waals surface area (Å²) in [6.45, 7) is 7.29. The van der Waals surface area contributed by atoms with Crippen LogP contribution in [0.2, 0.25) is 0 Å². The predicted octanol–water partition coefficient (Wildman–Crippen LogP) is 3.76. The van der Waals surface area contributed by atoms with E-state index in [2.05, 4.69) is 13.5 Å². The first-order valence-corrected chi connectivity index (χ1v) is 9.29. The summed E-state index contributed by atoms with van der Waals surface area (Å²) < 4.78 is 22.3. The van der Waals surface area contributed by atoms with Gasteiger partial charge in [-0.15, -0.1) is 6.58 Å². The van der Waals surface area contributed by atoms with Gasteiger partial charge in [-0.05, 0) is 24.1 Å². The number of carbonyl (C=O) groups is 2. The summed E-state index contributed by atoms with van der Waals surface area (Å²) in [6.07, 6.45) is 3.25. The monoisotopic (exact) mass is 386 g/mol. The summed E-state index contributed by atoms with van der Waals surface area (Å²) >= 11 is 0. The molecular weight excluding hydrogens is 360 g/mol. The maximum absolute atomic E-state index is 12.5. The van der Waals surface area contributed by atoms with Crippen molar-refractivity contribution in [1.29, 1.82) is 0 Å². The summed E-state index contributed by atoms with van der Waals surface area (Å²) in [6, 6.07) is 5.67. The van der Waals surface area contributed by atoms with Gasteiger partial charge in [-0.2, -0.15) is 0 Å². The van der Waals surface area contributed by atoms with Crippen molar-refractivity contribution in [3.05, 3.63) is 48.3 Å². The highest BCUT2D eigenvalue weighted by Crippen LogP contribution is 2.59. The highest BCUT2D eigenvalue weighted by Gasteiger charge is 2.56. The van der Waals surface area contributed by atoms with Crippen LogP contribution in [0.4, 0.5) is 0 Å². The summed E-state index contributed by atoms with van der Waals surface area (Å²) in [4.78, 5) is 23.9. The number of ketones is 1. The second-order valence-electron chi connectivity index (χ2n) is 7.30. The molecular formula is C22H26O6. The van der Waals surface area contributed by atoms with Crippen molar-refractivity contribution in [2.75, 3.05) is 14.2 Å². The van der Waals surface area contributed by atoms with Gasteiger partial charge in [0.2, 0.25) is 0 Å². The Morgan fingerprint density at radius 2 is 2.04 bits per heavy atom. The Hall–Kier alpha value is -2.76. The van der Waals surface area contributed by atoms with E-state index in [-0.39, 0.29) is 17.8 Å². The van der Waals surface area contributed by atoms with Gasteiger partial charge in [0.05, 0.1) is 14.2 Å². The number of rotatable bonds is 6. The van der Waals surface area contributed by atoms with Crippen LogP contribution in [0.25, 0.3) is 0 Å². The van der Waals surface area contributed by atoms with Crippen LogP contribution in [-0.4, -0.2) is 32.1 Å². The zero-order chi connectivity index (χ0) is 20.5. The Labute approximate surface area is 165 Å². The van der Waals surface area contributed by atoms with E-state index in [0.29, 0.717) is 30.1 Å². The van der Waals surface area contributed by atoms with E-state index in [1.807, 2.05) is 24.3 Å². The van der Waals surface area contributed by atoms with Crippen molar-refractivity contribution in [1.82, 2.24) is 0 Å². The van der Waals surface area contributed by atoms with Gasteiger partial charge >= 0.3 is 5.97 Å². The summed E-state index contributed by atoms with van der Waals surface area (Å²) in [7, 11) is 3.18. The molecule has 0 bridgehead atoms. The number of benzene rings is 1. The SMILES string of the molecule is C=CC[C@]12C[C@@H](OC(C)=O)C(=O)C=C1O[C@@H](c1ccc(OC)c(OC)c1)[C@H]2C. The number of hydrogen-bond acceptors (Lipinski definition) is 6. The molecule has 1 heterocycles. The van der Waals surface area contributed by atoms with Gasteiger partial charge in [-0.3, -0.25) is 9.59 Å². The van der Waals surface area contributed by atoms with Crippen molar-refractivity contribution in [2.45, 2.75) is 38.9 Å². The minimum absolute atomic E-state index is 0.0287. The fourth-order valence-electron chi connectivity index (χ4n) is 4.30. The lowest BCUT2D eigenvalue weighted by Crippen LogP contribution is -2.40.